The minimum atomic E-state index is -0.406. The van der Waals surface area contributed by atoms with Gasteiger partial charge in [0.2, 0.25) is 0 Å². The molecule has 0 heterocycles. The van der Waals surface area contributed by atoms with E-state index < -0.39 is 5.97 Å². The van der Waals surface area contributed by atoms with Gasteiger partial charge in [-0.2, -0.15) is 0 Å². The van der Waals surface area contributed by atoms with E-state index in [1.54, 1.807) is 25.1 Å². The maximum Gasteiger partial charge on any atom is 0.338 e. The lowest BCUT2D eigenvalue weighted by Crippen LogP contribution is -2.08. The first-order chi connectivity index (χ1) is 8.08. The molecule has 0 atom stereocenters. The van der Waals surface area contributed by atoms with Crippen LogP contribution in [0.1, 0.15) is 39.6 Å². The van der Waals surface area contributed by atoms with Crippen LogP contribution >= 0.6 is 11.6 Å². The number of esters is 1. The van der Waals surface area contributed by atoms with Crippen molar-refractivity contribution in [2.75, 3.05) is 12.5 Å². The summed E-state index contributed by atoms with van der Waals surface area (Å²) in [6.07, 6.45) is 0.271. The number of carbonyl (C=O) groups excluding carboxylic acids is 2. The van der Waals surface area contributed by atoms with Crippen molar-refractivity contribution in [1.29, 1.82) is 0 Å². The first kappa shape index (κ1) is 13.7. The van der Waals surface area contributed by atoms with Gasteiger partial charge in [0.25, 0.3) is 0 Å². The van der Waals surface area contributed by atoms with Crippen LogP contribution in [0.3, 0.4) is 0 Å². The summed E-state index contributed by atoms with van der Waals surface area (Å²) < 4.78 is 4.90. The van der Waals surface area contributed by atoms with Gasteiger partial charge in [-0.25, -0.2) is 4.79 Å². The fraction of sp³-hybridized carbons (Fsp3) is 0.385. The number of aryl methyl sites for hydroxylation is 1. The van der Waals surface area contributed by atoms with E-state index in [1.807, 2.05) is 6.92 Å². The third kappa shape index (κ3) is 3.86. The van der Waals surface area contributed by atoms with Gasteiger partial charge in [0.05, 0.1) is 12.2 Å². The molecule has 0 spiro atoms. The van der Waals surface area contributed by atoms with Crippen LogP contribution in [0.25, 0.3) is 0 Å². The van der Waals surface area contributed by atoms with Gasteiger partial charge < -0.3 is 4.74 Å². The molecule has 0 N–H and O–H groups in total. The first-order valence-electron chi connectivity index (χ1n) is 5.46. The van der Waals surface area contributed by atoms with E-state index >= 15 is 0 Å². The normalized spacial score (nSPS) is 10.1. The van der Waals surface area contributed by atoms with Crippen LogP contribution in [0, 0.1) is 6.92 Å². The molecule has 0 fully saturated rings. The number of ether oxygens (including phenoxy) is 1. The average molecular weight is 255 g/mol. The highest BCUT2D eigenvalue weighted by Crippen LogP contribution is 2.13. The van der Waals surface area contributed by atoms with Crippen molar-refractivity contribution in [1.82, 2.24) is 0 Å². The van der Waals surface area contributed by atoms with Crippen molar-refractivity contribution in [3.8, 4) is 0 Å². The maximum atomic E-state index is 11.7. The van der Waals surface area contributed by atoms with Gasteiger partial charge in [-0.3, -0.25) is 4.79 Å². The molecule has 0 aliphatic rings. The van der Waals surface area contributed by atoms with Gasteiger partial charge in [0.1, 0.15) is 0 Å². The number of Topliss-reactive ketones (excluding diaryl/α,β-unsaturated/α-hetero) is 1. The van der Waals surface area contributed by atoms with Crippen LogP contribution in [0.15, 0.2) is 18.2 Å². The number of hydrogen-bond acceptors (Lipinski definition) is 3. The summed E-state index contributed by atoms with van der Waals surface area (Å²) in [5, 5.41) is 0. The number of hydrogen-bond donors (Lipinski definition) is 0. The highest BCUT2D eigenvalue weighted by atomic mass is 35.5. The molecule has 1 aromatic carbocycles. The fourth-order valence-corrected chi connectivity index (χ4v) is 1.68. The second kappa shape index (κ2) is 6.40. The summed E-state index contributed by atoms with van der Waals surface area (Å²) in [5.41, 5.74) is 1.77. The fourth-order valence-electron chi connectivity index (χ4n) is 1.51. The van der Waals surface area contributed by atoms with Gasteiger partial charge >= 0.3 is 5.97 Å². The zero-order valence-corrected chi connectivity index (χ0v) is 10.7. The van der Waals surface area contributed by atoms with Gasteiger partial charge in [0, 0.05) is 17.9 Å². The quantitative estimate of drug-likeness (QED) is 0.461. The predicted octanol–water partition coefficient (Wildman–Crippen LogP) is 2.98. The number of carbonyl (C=O) groups is 2. The Hall–Kier alpha value is -1.35. The minimum absolute atomic E-state index is 0.0609. The van der Waals surface area contributed by atoms with E-state index in [-0.39, 0.29) is 18.1 Å². The van der Waals surface area contributed by atoms with Gasteiger partial charge in [-0.1, -0.05) is 0 Å². The molecule has 1 aromatic rings. The molecule has 0 aliphatic carbocycles. The second-order valence-electron chi connectivity index (χ2n) is 3.67. The van der Waals surface area contributed by atoms with Crippen LogP contribution in [0.5, 0.6) is 0 Å². The number of benzene rings is 1. The van der Waals surface area contributed by atoms with Gasteiger partial charge in [-0.15, -0.1) is 11.6 Å². The highest BCUT2D eigenvalue weighted by molar-refractivity contribution is 6.19. The lowest BCUT2D eigenvalue weighted by atomic mass is 10.0. The molecule has 0 aromatic heterocycles. The van der Waals surface area contributed by atoms with E-state index in [0.29, 0.717) is 17.7 Å². The molecule has 1 rings (SSSR count). The summed E-state index contributed by atoms with van der Waals surface area (Å²) in [7, 11) is 0. The Morgan fingerprint density at radius 3 is 2.47 bits per heavy atom. The largest absolute Gasteiger partial charge is 0.462 e. The molecular formula is C13H15ClO3. The molecule has 0 amide bonds. The van der Waals surface area contributed by atoms with Crippen LogP contribution in [0.4, 0.5) is 0 Å². The summed E-state index contributed by atoms with van der Waals surface area (Å²) in [5.74, 6) is -0.188. The van der Waals surface area contributed by atoms with Crippen molar-refractivity contribution in [3.05, 3.63) is 34.9 Å². The monoisotopic (exact) mass is 254 g/mol. The van der Waals surface area contributed by atoms with Crippen molar-refractivity contribution in [2.24, 2.45) is 0 Å². The zero-order valence-electron chi connectivity index (χ0n) is 9.96. The number of rotatable bonds is 5. The summed E-state index contributed by atoms with van der Waals surface area (Å²) in [6, 6.07) is 5.01. The molecule has 17 heavy (non-hydrogen) atoms. The van der Waals surface area contributed by atoms with Gasteiger partial charge in [-0.05, 0) is 37.6 Å². The first-order valence-corrected chi connectivity index (χ1v) is 6.00. The number of halogens is 1. The Kier molecular flexibility index (Phi) is 5.16. The second-order valence-corrected chi connectivity index (χ2v) is 4.05. The third-order valence-electron chi connectivity index (χ3n) is 2.23. The van der Waals surface area contributed by atoms with E-state index in [0.717, 1.165) is 5.56 Å². The molecule has 92 valence electrons. The van der Waals surface area contributed by atoms with E-state index in [9.17, 15) is 9.59 Å². The zero-order chi connectivity index (χ0) is 12.8. The summed E-state index contributed by atoms with van der Waals surface area (Å²) in [6.45, 7) is 3.89. The molecule has 0 saturated carbocycles. The van der Waals surface area contributed by atoms with Crippen molar-refractivity contribution in [3.63, 3.8) is 0 Å². The smallest absolute Gasteiger partial charge is 0.338 e. The summed E-state index contributed by atoms with van der Waals surface area (Å²) in [4.78, 5) is 23.3. The Bertz CT molecular complexity index is 390. The topological polar surface area (TPSA) is 43.4 Å². The molecule has 0 unspecified atom stereocenters. The predicted molar refractivity (Wildman–Crippen MR) is 66.8 cm³/mol. The number of ketones is 1. The molecule has 3 nitrogen and oxygen atoms in total. The SMILES string of the molecule is CCOC(=O)c1cc(C)cc(C(=O)CCCl)c1. The third-order valence-corrected chi connectivity index (χ3v) is 2.42. The highest BCUT2D eigenvalue weighted by Gasteiger charge is 2.12. The Morgan fingerprint density at radius 1 is 1.24 bits per heavy atom. The lowest BCUT2D eigenvalue weighted by Gasteiger charge is -2.06. The van der Waals surface area contributed by atoms with Crippen LogP contribution in [-0.2, 0) is 4.74 Å². The molecule has 4 heteroatoms. The van der Waals surface area contributed by atoms with E-state index in [4.69, 9.17) is 16.3 Å². The standard InChI is InChI=1S/C13H15ClO3/c1-3-17-13(16)11-7-9(2)6-10(8-11)12(15)4-5-14/h6-8H,3-5H2,1-2H3. The van der Waals surface area contributed by atoms with Crippen molar-refractivity contribution in [2.45, 2.75) is 20.3 Å². The molecular weight excluding hydrogens is 240 g/mol. The van der Waals surface area contributed by atoms with Crippen LogP contribution < -0.4 is 0 Å². The Balaban J connectivity index is 3.01. The van der Waals surface area contributed by atoms with Crippen molar-refractivity contribution < 1.29 is 14.3 Å². The van der Waals surface area contributed by atoms with E-state index in [2.05, 4.69) is 0 Å². The molecule has 0 bridgehead atoms. The Morgan fingerprint density at radius 2 is 1.88 bits per heavy atom. The molecule has 0 radical (unpaired) electrons. The lowest BCUT2D eigenvalue weighted by molar-refractivity contribution is 0.0526. The van der Waals surface area contributed by atoms with Crippen molar-refractivity contribution >= 4 is 23.4 Å². The minimum Gasteiger partial charge on any atom is -0.462 e. The summed E-state index contributed by atoms with van der Waals surface area (Å²) >= 11 is 5.53. The van der Waals surface area contributed by atoms with E-state index in [1.165, 1.54) is 0 Å². The molecule has 0 aliphatic heterocycles. The van der Waals surface area contributed by atoms with Gasteiger partial charge in [0.15, 0.2) is 5.78 Å². The van der Waals surface area contributed by atoms with Crippen LogP contribution in [-0.4, -0.2) is 24.2 Å². The van der Waals surface area contributed by atoms with Crippen LogP contribution in [0.2, 0.25) is 0 Å². The average Bonchev–Trinajstić information content (AvgIpc) is 2.29. The maximum absolute atomic E-state index is 11.7. The number of alkyl halides is 1. The molecule has 0 saturated heterocycles. The Labute approximate surface area is 106 Å².